The van der Waals surface area contributed by atoms with Crippen molar-refractivity contribution in [3.63, 3.8) is 0 Å². The van der Waals surface area contributed by atoms with Crippen molar-refractivity contribution in [1.29, 1.82) is 0 Å². The lowest BCUT2D eigenvalue weighted by Gasteiger charge is -2.32. The van der Waals surface area contributed by atoms with E-state index in [0.29, 0.717) is 22.2 Å². The lowest BCUT2D eigenvalue weighted by atomic mass is 10.1. The van der Waals surface area contributed by atoms with Gasteiger partial charge in [-0.15, -0.1) is 0 Å². The summed E-state index contributed by atoms with van der Waals surface area (Å²) in [6.07, 6.45) is 0.558. The van der Waals surface area contributed by atoms with Crippen LogP contribution in [0.25, 0.3) is 0 Å². The van der Waals surface area contributed by atoms with Crippen LogP contribution >= 0.6 is 23.2 Å². The van der Waals surface area contributed by atoms with E-state index < -0.39 is 6.04 Å². The van der Waals surface area contributed by atoms with Gasteiger partial charge in [-0.05, 0) is 24.6 Å². The number of amides is 2. The summed E-state index contributed by atoms with van der Waals surface area (Å²) in [7, 11) is 0. The highest BCUT2D eigenvalue weighted by Crippen LogP contribution is 2.28. The third kappa shape index (κ3) is 2.44. The minimum absolute atomic E-state index is 0.00724. The third-order valence-corrected chi connectivity index (χ3v) is 3.56. The minimum atomic E-state index is -0.472. The summed E-state index contributed by atoms with van der Waals surface area (Å²) in [5.41, 5.74) is 0.586. The van der Waals surface area contributed by atoms with E-state index in [1.807, 2.05) is 6.92 Å². The van der Waals surface area contributed by atoms with Gasteiger partial charge in [-0.25, -0.2) is 0 Å². The molecule has 0 bridgehead atoms. The van der Waals surface area contributed by atoms with Crippen LogP contribution in [0.2, 0.25) is 10.0 Å². The van der Waals surface area contributed by atoms with Crippen molar-refractivity contribution in [2.75, 3.05) is 11.4 Å². The number of benzene rings is 1. The third-order valence-electron chi connectivity index (χ3n) is 2.82. The first kappa shape index (κ1) is 13.2. The Labute approximate surface area is 115 Å². The maximum absolute atomic E-state index is 12.1. The maximum Gasteiger partial charge on any atom is 0.250 e. The fraction of sp³-hybridized carbons (Fsp3) is 0.333. The lowest BCUT2D eigenvalue weighted by molar-refractivity contribution is -0.131. The maximum atomic E-state index is 12.1. The Bertz CT molecular complexity index is 505. The lowest BCUT2D eigenvalue weighted by Crippen LogP contribution is -2.58. The van der Waals surface area contributed by atoms with Crippen LogP contribution in [0.4, 0.5) is 5.69 Å². The van der Waals surface area contributed by atoms with Crippen LogP contribution in [0.3, 0.4) is 0 Å². The van der Waals surface area contributed by atoms with Crippen LogP contribution in [0.1, 0.15) is 13.3 Å². The topological polar surface area (TPSA) is 49.4 Å². The van der Waals surface area contributed by atoms with Crippen LogP contribution in [-0.4, -0.2) is 24.4 Å². The summed E-state index contributed by atoms with van der Waals surface area (Å²) < 4.78 is 0. The number of carbonyl (C=O) groups excluding carboxylic acids is 2. The Hall–Kier alpha value is -1.26. The fourth-order valence-electron chi connectivity index (χ4n) is 1.86. The zero-order valence-corrected chi connectivity index (χ0v) is 11.3. The summed E-state index contributed by atoms with van der Waals surface area (Å²) in [5, 5.41) is 3.43. The second-order valence-corrected chi connectivity index (χ2v) is 4.87. The Morgan fingerprint density at radius 3 is 2.67 bits per heavy atom. The summed E-state index contributed by atoms with van der Waals surface area (Å²) in [6.45, 7) is 1.86. The van der Waals surface area contributed by atoms with E-state index in [4.69, 9.17) is 23.2 Å². The molecule has 1 aromatic carbocycles. The molecule has 0 spiro atoms. The Balaban J connectivity index is 2.33. The highest BCUT2D eigenvalue weighted by atomic mass is 35.5. The molecule has 1 unspecified atom stereocenters. The van der Waals surface area contributed by atoms with Gasteiger partial charge in [-0.1, -0.05) is 30.1 Å². The number of rotatable bonds is 2. The molecule has 1 heterocycles. The summed E-state index contributed by atoms with van der Waals surface area (Å²) in [5.74, 6) is -0.303. The Morgan fingerprint density at radius 1 is 1.33 bits per heavy atom. The van der Waals surface area contributed by atoms with Crippen molar-refractivity contribution < 1.29 is 9.59 Å². The molecule has 2 rings (SSSR count). The first-order chi connectivity index (χ1) is 8.52. The monoisotopic (exact) mass is 286 g/mol. The van der Waals surface area contributed by atoms with Gasteiger partial charge in [0.1, 0.15) is 12.6 Å². The van der Waals surface area contributed by atoms with Crippen molar-refractivity contribution >= 4 is 40.7 Å². The van der Waals surface area contributed by atoms with E-state index in [2.05, 4.69) is 5.32 Å². The highest BCUT2D eigenvalue weighted by molar-refractivity contribution is 6.42. The van der Waals surface area contributed by atoms with Crippen LogP contribution in [0.5, 0.6) is 0 Å². The SMILES string of the molecule is CCC1NC(=O)CN(c2ccc(Cl)c(Cl)c2)C1=O. The van der Waals surface area contributed by atoms with E-state index >= 15 is 0 Å². The minimum Gasteiger partial charge on any atom is -0.343 e. The van der Waals surface area contributed by atoms with Crippen LogP contribution in [0.15, 0.2) is 18.2 Å². The first-order valence-electron chi connectivity index (χ1n) is 5.58. The standard InChI is InChI=1S/C12H12Cl2N2O2/c1-2-10-12(18)16(6-11(17)15-10)7-3-4-8(13)9(14)5-7/h3-5,10H,2,6H2,1H3,(H,15,17). The molecule has 1 aliphatic heterocycles. The van der Waals surface area contributed by atoms with E-state index in [9.17, 15) is 9.59 Å². The van der Waals surface area contributed by atoms with Gasteiger partial charge < -0.3 is 10.2 Å². The molecule has 1 atom stereocenters. The van der Waals surface area contributed by atoms with Crippen LogP contribution in [0, 0.1) is 0 Å². The quantitative estimate of drug-likeness (QED) is 0.906. The zero-order valence-electron chi connectivity index (χ0n) is 9.74. The average molecular weight is 287 g/mol. The molecule has 18 heavy (non-hydrogen) atoms. The van der Waals surface area contributed by atoms with Gasteiger partial charge in [0, 0.05) is 5.69 Å². The zero-order chi connectivity index (χ0) is 13.3. The van der Waals surface area contributed by atoms with Gasteiger partial charge in [0.2, 0.25) is 11.8 Å². The normalized spacial score (nSPS) is 19.9. The Kier molecular flexibility index (Phi) is 3.78. The summed E-state index contributed by atoms with van der Waals surface area (Å²) in [4.78, 5) is 25.1. The van der Waals surface area contributed by atoms with Gasteiger partial charge in [0.25, 0.3) is 0 Å². The molecule has 1 fully saturated rings. The van der Waals surface area contributed by atoms with Gasteiger partial charge in [-0.2, -0.15) is 0 Å². The van der Waals surface area contributed by atoms with Gasteiger partial charge >= 0.3 is 0 Å². The smallest absolute Gasteiger partial charge is 0.250 e. The molecule has 4 nitrogen and oxygen atoms in total. The van der Waals surface area contributed by atoms with E-state index in [0.717, 1.165) is 0 Å². The molecule has 0 radical (unpaired) electrons. The largest absolute Gasteiger partial charge is 0.343 e. The van der Waals surface area contributed by atoms with Crippen molar-refractivity contribution in [2.24, 2.45) is 0 Å². The summed E-state index contributed by atoms with van der Waals surface area (Å²) in [6, 6.07) is 4.41. The van der Waals surface area contributed by atoms with Crippen molar-refractivity contribution in [2.45, 2.75) is 19.4 Å². The average Bonchev–Trinajstić information content (AvgIpc) is 2.35. The Morgan fingerprint density at radius 2 is 2.06 bits per heavy atom. The predicted octanol–water partition coefficient (Wildman–Crippen LogP) is 2.23. The molecular formula is C12H12Cl2N2O2. The van der Waals surface area contributed by atoms with E-state index in [-0.39, 0.29) is 18.4 Å². The van der Waals surface area contributed by atoms with Crippen molar-refractivity contribution in [3.8, 4) is 0 Å². The molecule has 1 aliphatic rings. The number of nitrogens with zero attached hydrogens (tertiary/aromatic N) is 1. The number of hydrogen-bond donors (Lipinski definition) is 1. The number of hydrogen-bond acceptors (Lipinski definition) is 2. The molecule has 1 aromatic rings. The number of piperazine rings is 1. The van der Waals surface area contributed by atoms with Gasteiger partial charge in [0.15, 0.2) is 0 Å². The van der Waals surface area contributed by atoms with Crippen molar-refractivity contribution in [1.82, 2.24) is 5.32 Å². The molecule has 96 valence electrons. The number of nitrogens with one attached hydrogen (secondary N) is 1. The molecule has 2 amide bonds. The number of carbonyl (C=O) groups is 2. The molecule has 1 N–H and O–H groups in total. The number of halogens is 2. The fourth-order valence-corrected chi connectivity index (χ4v) is 2.15. The van der Waals surface area contributed by atoms with Crippen LogP contribution < -0.4 is 10.2 Å². The second-order valence-electron chi connectivity index (χ2n) is 4.05. The molecule has 0 saturated carbocycles. The molecule has 0 aliphatic carbocycles. The van der Waals surface area contributed by atoms with E-state index in [1.165, 1.54) is 4.90 Å². The van der Waals surface area contributed by atoms with Gasteiger partial charge in [-0.3, -0.25) is 9.59 Å². The van der Waals surface area contributed by atoms with Gasteiger partial charge in [0.05, 0.1) is 10.0 Å². The highest BCUT2D eigenvalue weighted by Gasteiger charge is 2.32. The first-order valence-corrected chi connectivity index (χ1v) is 6.34. The second kappa shape index (κ2) is 5.16. The van der Waals surface area contributed by atoms with E-state index in [1.54, 1.807) is 18.2 Å². The van der Waals surface area contributed by atoms with Crippen molar-refractivity contribution in [3.05, 3.63) is 28.2 Å². The number of anilines is 1. The molecular weight excluding hydrogens is 275 g/mol. The molecule has 0 aromatic heterocycles. The molecule has 6 heteroatoms. The predicted molar refractivity (Wildman–Crippen MR) is 71.0 cm³/mol. The van der Waals surface area contributed by atoms with Crippen LogP contribution in [-0.2, 0) is 9.59 Å². The molecule has 1 saturated heterocycles. The summed E-state index contributed by atoms with van der Waals surface area (Å²) >= 11 is 11.7.